The van der Waals surface area contributed by atoms with Crippen LogP contribution in [-0.4, -0.2) is 11.1 Å². The van der Waals surface area contributed by atoms with Gasteiger partial charge in [-0.3, -0.25) is 0 Å². The monoisotopic (exact) mass is 177 g/mol. The number of aliphatic hydroxyl groups excluding tert-OH is 1. The molecule has 0 heterocycles. The van der Waals surface area contributed by atoms with E-state index in [0.717, 1.165) is 5.56 Å². The average molecular weight is 177 g/mol. The van der Waals surface area contributed by atoms with E-state index in [-0.39, 0.29) is 5.76 Å². The minimum atomic E-state index is 0.273. The van der Waals surface area contributed by atoms with Gasteiger partial charge in [-0.1, -0.05) is 30.3 Å². The van der Waals surface area contributed by atoms with Crippen molar-refractivity contribution in [1.82, 2.24) is 5.32 Å². The highest BCUT2D eigenvalue weighted by atomic mass is 16.3. The summed E-state index contributed by atoms with van der Waals surface area (Å²) in [5.74, 6) is 0.273. The smallest absolute Gasteiger partial charge is 0.138 e. The van der Waals surface area contributed by atoms with Crippen LogP contribution in [0.15, 0.2) is 36.5 Å². The van der Waals surface area contributed by atoms with Gasteiger partial charge in [-0.15, -0.1) is 0 Å². The van der Waals surface area contributed by atoms with Crippen LogP contribution in [0.5, 0.6) is 0 Å². The molecule has 1 rings (SSSR count). The zero-order chi connectivity index (χ0) is 9.68. The van der Waals surface area contributed by atoms with E-state index >= 15 is 0 Å². The Hall–Kier alpha value is -1.44. The van der Waals surface area contributed by atoms with Crippen molar-refractivity contribution in [1.29, 1.82) is 0 Å². The van der Waals surface area contributed by atoms with Crippen LogP contribution in [-0.2, 0) is 0 Å². The molecule has 2 N–H and O–H groups in total. The molecular formula is C11H15NO. The van der Waals surface area contributed by atoms with Gasteiger partial charge >= 0.3 is 0 Å². The summed E-state index contributed by atoms with van der Waals surface area (Å²) in [5.41, 5.74) is 0.829. The fourth-order valence-electron chi connectivity index (χ4n) is 0.938. The second-order valence-electron chi connectivity index (χ2n) is 3.22. The summed E-state index contributed by atoms with van der Waals surface area (Å²) < 4.78 is 0. The third kappa shape index (κ3) is 3.20. The first-order valence-corrected chi connectivity index (χ1v) is 4.41. The lowest BCUT2D eigenvalue weighted by Crippen LogP contribution is -2.16. The van der Waals surface area contributed by atoms with Crippen molar-refractivity contribution < 1.29 is 5.11 Å². The predicted molar refractivity (Wildman–Crippen MR) is 55.3 cm³/mol. The molecule has 2 nitrogen and oxygen atoms in total. The quantitative estimate of drug-likeness (QED) is 0.695. The molecule has 0 radical (unpaired) electrons. The van der Waals surface area contributed by atoms with Crippen molar-refractivity contribution in [3.63, 3.8) is 0 Å². The summed E-state index contributed by atoms with van der Waals surface area (Å²) in [6.07, 6.45) is 1.62. The molecule has 1 aromatic rings. The van der Waals surface area contributed by atoms with Gasteiger partial charge in [0.2, 0.25) is 0 Å². The highest BCUT2D eigenvalue weighted by Gasteiger charge is 1.96. The van der Waals surface area contributed by atoms with E-state index in [0.29, 0.717) is 6.04 Å². The number of benzene rings is 1. The molecule has 0 aliphatic heterocycles. The molecule has 0 aliphatic carbocycles. The number of rotatable bonds is 3. The maximum atomic E-state index is 9.57. The zero-order valence-corrected chi connectivity index (χ0v) is 7.99. The lowest BCUT2D eigenvalue weighted by atomic mass is 10.2. The maximum absolute atomic E-state index is 9.57. The third-order valence-electron chi connectivity index (χ3n) is 1.62. The van der Waals surface area contributed by atoms with Crippen LogP contribution < -0.4 is 5.32 Å². The molecule has 0 unspecified atom stereocenters. The van der Waals surface area contributed by atoms with Crippen LogP contribution in [0.1, 0.15) is 19.4 Å². The van der Waals surface area contributed by atoms with Gasteiger partial charge < -0.3 is 10.4 Å². The molecule has 0 bridgehead atoms. The molecular weight excluding hydrogens is 162 g/mol. The Morgan fingerprint density at radius 1 is 1.31 bits per heavy atom. The van der Waals surface area contributed by atoms with Gasteiger partial charge in [0.05, 0.1) is 0 Å². The van der Waals surface area contributed by atoms with Crippen molar-refractivity contribution in [2.45, 2.75) is 19.9 Å². The second kappa shape index (κ2) is 4.55. The molecule has 0 aromatic heterocycles. The summed E-state index contributed by atoms with van der Waals surface area (Å²) in [7, 11) is 0. The van der Waals surface area contributed by atoms with E-state index in [4.69, 9.17) is 0 Å². The van der Waals surface area contributed by atoms with Gasteiger partial charge in [0.1, 0.15) is 5.76 Å². The Kier molecular flexibility index (Phi) is 3.38. The average Bonchev–Trinajstić information content (AvgIpc) is 2.15. The molecule has 2 heteroatoms. The lowest BCUT2D eigenvalue weighted by Gasteiger charge is -2.05. The van der Waals surface area contributed by atoms with Crippen molar-refractivity contribution in [3.8, 4) is 0 Å². The Balaban J connectivity index is 2.68. The van der Waals surface area contributed by atoms with Crippen molar-refractivity contribution in [3.05, 3.63) is 42.1 Å². The minimum Gasteiger partial charge on any atom is -0.506 e. The predicted octanol–water partition coefficient (Wildman–Crippen LogP) is 2.54. The molecule has 0 amide bonds. The summed E-state index contributed by atoms with van der Waals surface area (Å²) in [6, 6.07) is 9.79. The topological polar surface area (TPSA) is 32.3 Å². The van der Waals surface area contributed by atoms with Gasteiger partial charge in [0, 0.05) is 17.8 Å². The van der Waals surface area contributed by atoms with Gasteiger partial charge in [-0.2, -0.15) is 0 Å². The van der Waals surface area contributed by atoms with Crippen molar-refractivity contribution >= 4 is 5.76 Å². The number of hydrogen-bond donors (Lipinski definition) is 2. The van der Waals surface area contributed by atoms with E-state index in [1.54, 1.807) is 6.20 Å². The van der Waals surface area contributed by atoms with E-state index in [1.165, 1.54) is 0 Å². The highest BCUT2D eigenvalue weighted by Crippen LogP contribution is 2.08. The van der Waals surface area contributed by atoms with Crippen molar-refractivity contribution in [2.75, 3.05) is 0 Å². The largest absolute Gasteiger partial charge is 0.506 e. The summed E-state index contributed by atoms with van der Waals surface area (Å²) in [6.45, 7) is 4.05. The van der Waals surface area contributed by atoms with Crippen LogP contribution in [0.25, 0.3) is 5.76 Å². The lowest BCUT2D eigenvalue weighted by molar-refractivity contribution is 0.504. The van der Waals surface area contributed by atoms with Crippen LogP contribution in [0, 0.1) is 0 Å². The van der Waals surface area contributed by atoms with Crippen molar-refractivity contribution in [2.24, 2.45) is 0 Å². The third-order valence-corrected chi connectivity index (χ3v) is 1.62. The molecule has 70 valence electrons. The van der Waals surface area contributed by atoms with Crippen LogP contribution in [0.3, 0.4) is 0 Å². The number of aliphatic hydroxyl groups is 1. The fraction of sp³-hybridized carbons (Fsp3) is 0.273. The van der Waals surface area contributed by atoms with E-state index in [9.17, 15) is 5.11 Å². The minimum absolute atomic E-state index is 0.273. The van der Waals surface area contributed by atoms with Crippen LogP contribution in [0.4, 0.5) is 0 Å². The highest BCUT2D eigenvalue weighted by molar-refractivity contribution is 5.57. The Morgan fingerprint density at radius 2 is 1.92 bits per heavy atom. The van der Waals surface area contributed by atoms with Crippen LogP contribution >= 0.6 is 0 Å². The normalized spacial score (nSPS) is 11.8. The molecule has 0 atom stereocenters. The summed E-state index contributed by atoms with van der Waals surface area (Å²) in [5, 5.41) is 12.6. The maximum Gasteiger partial charge on any atom is 0.138 e. The first kappa shape index (κ1) is 9.65. The molecule has 0 spiro atoms. The molecule has 13 heavy (non-hydrogen) atoms. The molecule has 0 saturated heterocycles. The standard InChI is InChI=1S/C11H15NO/c1-9(2)12-8-11(13)10-6-4-3-5-7-10/h3-9,12-13H,1-2H3/b11-8-. The van der Waals surface area contributed by atoms with Gasteiger partial charge in [-0.25, -0.2) is 0 Å². The zero-order valence-electron chi connectivity index (χ0n) is 7.99. The van der Waals surface area contributed by atoms with Gasteiger partial charge in [-0.05, 0) is 13.8 Å². The van der Waals surface area contributed by atoms with Crippen LogP contribution in [0.2, 0.25) is 0 Å². The van der Waals surface area contributed by atoms with E-state index in [2.05, 4.69) is 5.32 Å². The van der Waals surface area contributed by atoms with E-state index in [1.807, 2.05) is 44.2 Å². The molecule has 0 aliphatic rings. The fourth-order valence-corrected chi connectivity index (χ4v) is 0.938. The molecule has 0 fully saturated rings. The summed E-state index contributed by atoms with van der Waals surface area (Å²) in [4.78, 5) is 0. The number of hydrogen-bond acceptors (Lipinski definition) is 2. The second-order valence-corrected chi connectivity index (χ2v) is 3.22. The Labute approximate surface area is 78.9 Å². The number of nitrogens with one attached hydrogen (secondary N) is 1. The first-order valence-electron chi connectivity index (χ1n) is 4.41. The SMILES string of the molecule is CC(C)N/C=C(\O)c1ccccc1. The Morgan fingerprint density at radius 3 is 2.46 bits per heavy atom. The first-order chi connectivity index (χ1) is 6.20. The van der Waals surface area contributed by atoms with Gasteiger partial charge in [0.25, 0.3) is 0 Å². The Bertz CT molecular complexity index is 277. The van der Waals surface area contributed by atoms with E-state index < -0.39 is 0 Å². The van der Waals surface area contributed by atoms with Gasteiger partial charge in [0.15, 0.2) is 0 Å². The molecule has 0 saturated carbocycles. The summed E-state index contributed by atoms with van der Waals surface area (Å²) >= 11 is 0. The molecule has 1 aromatic carbocycles.